The fourth-order valence-corrected chi connectivity index (χ4v) is 11.7. The number of anilines is 1. The minimum atomic E-state index is -1.37. The molecule has 0 bridgehead atoms. The number of amides is 2. The number of esters is 2. The van der Waals surface area contributed by atoms with Gasteiger partial charge in [0.25, 0.3) is 11.8 Å². The molecule has 0 saturated carbocycles. The van der Waals surface area contributed by atoms with Crippen LogP contribution in [-0.2, 0) is 44.6 Å². The molecule has 3 atom stereocenters. The average molecular weight is 994 g/mol. The molecule has 0 aliphatic carbocycles. The van der Waals surface area contributed by atoms with Crippen LogP contribution in [0.25, 0.3) is 0 Å². The van der Waals surface area contributed by atoms with Gasteiger partial charge in [0.15, 0.2) is 10.8 Å². The summed E-state index contributed by atoms with van der Waals surface area (Å²) in [5, 5.41) is 13.1. The van der Waals surface area contributed by atoms with Gasteiger partial charge in [-0.1, -0.05) is 187 Å². The number of rotatable bonds is 15. The van der Waals surface area contributed by atoms with Crippen molar-refractivity contribution in [1.82, 2.24) is 15.2 Å². The van der Waals surface area contributed by atoms with Crippen LogP contribution in [0.5, 0.6) is 0 Å². The van der Waals surface area contributed by atoms with Gasteiger partial charge in [0.05, 0.1) is 0 Å². The van der Waals surface area contributed by atoms with Gasteiger partial charge in [0.1, 0.15) is 40.1 Å². The fourth-order valence-electron chi connectivity index (χ4n) is 9.56. The first kappa shape index (κ1) is 47.8. The topological polar surface area (TPSA) is 149 Å². The van der Waals surface area contributed by atoms with Crippen molar-refractivity contribution in [2.75, 3.05) is 11.1 Å². The molecule has 0 radical (unpaired) electrons. The lowest BCUT2D eigenvalue weighted by Gasteiger charge is -2.50. The van der Waals surface area contributed by atoms with E-state index in [1.807, 2.05) is 146 Å². The highest BCUT2D eigenvalue weighted by atomic mass is 32.2. The van der Waals surface area contributed by atoms with Crippen LogP contribution in [0.1, 0.15) is 72.7 Å². The first-order chi connectivity index (χ1) is 35.0. The molecule has 12 nitrogen and oxygen atoms in total. The number of nitrogens with one attached hydrogen (secondary N) is 2. The van der Waals surface area contributed by atoms with E-state index in [2.05, 4.69) is 47.0 Å². The SMILES string of the molecule is CC(C)(C)OC(=O)C1=C([C@@H]2CCC(=O)O2)CS[C@@H]2[C@H](NC(=O)C(=NOC(c3ccccc3)(c3ccccc3)c3ccccc3)c3csc(NC(c4ccccc4)(c4ccccc4)c4ccccc4)n3)C(=O)N12. The number of carbonyl (C=O) groups is 4. The summed E-state index contributed by atoms with van der Waals surface area (Å²) >= 11 is 2.66. The smallest absolute Gasteiger partial charge is 0.355 e. The van der Waals surface area contributed by atoms with E-state index in [-0.39, 0.29) is 35.2 Å². The molecule has 2 saturated heterocycles. The molecule has 0 spiro atoms. The molecule has 1 aromatic heterocycles. The van der Waals surface area contributed by atoms with Crippen molar-refractivity contribution in [3.05, 3.63) is 238 Å². The molecule has 6 aromatic carbocycles. The molecule has 10 rings (SSSR count). The Hall–Kier alpha value is -7.81. The van der Waals surface area contributed by atoms with Gasteiger partial charge in [-0.25, -0.2) is 9.78 Å². The van der Waals surface area contributed by atoms with E-state index in [4.69, 9.17) is 24.5 Å². The van der Waals surface area contributed by atoms with Crippen molar-refractivity contribution in [1.29, 1.82) is 0 Å². The van der Waals surface area contributed by atoms with E-state index in [1.165, 1.54) is 28.0 Å². The summed E-state index contributed by atoms with van der Waals surface area (Å²) in [4.78, 5) is 69.4. The lowest BCUT2D eigenvalue weighted by atomic mass is 9.77. The maximum atomic E-state index is 15.2. The Morgan fingerprint density at radius 1 is 0.694 bits per heavy atom. The highest BCUT2D eigenvalue weighted by Crippen LogP contribution is 2.45. The second-order valence-electron chi connectivity index (χ2n) is 18.6. The second-order valence-corrected chi connectivity index (χ2v) is 20.5. The number of thioether (sulfide) groups is 1. The number of β-lactam (4-membered cyclic amide) rings is 1. The Morgan fingerprint density at radius 2 is 1.17 bits per heavy atom. The molecule has 7 aromatic rings. The van der Waals surface area contributed by atoms with Gasteiger partial charge in [0, 0.05) is 39.8 Å². The van der Waals surface area contributed by atoms with Crippen molar-refractivity contribution < 1.29 is 33.5 Å². The molecule has 2 N–H and O–H groups in total. The zero-order valence-corrected chi connectivity index (χ0v) is 41.4. The van der Waals surface area contributed by atoms with Gasteiger partial charge in [0.2, 0.25) is 5.60 Å². The Kier molecular flexibility index (Phi) is 13.4. The number of cyclic esters (lactones) is 1. The summed E-state index contributed by atoms with van der Waals surface area (Å²) in [6.07, 6.45) is -0.111. The number of hydrogen-bond acceptors (Lipinski definition) is 12. The molecular formula is C58H51N5O7S2. The summed E-state index contributed by atoms with van der Waals surface area (Å²) in [5.41, 5.74) is 2.47. The molecule has 362 valence electrons. The normalized spacial score (nSPS) is 18.1. The number of oxime groups is 1. The summed E-state index contributed by atoms with van der Waals surface area (Å²) in [6.45, 7) is 5.23. The van der Waals surface area contributed by atoms with E-state index in [0.29, 0.717) is 17.1 Å². The molecule has 0 unspecified atom stereocenters. The number of nitrogens with zero attached hydrogens (tertiary/aromatic N) is 3. The second kappa shape index (κ2) is 20.1. The largest absolute Gasteiger partial charge is 0.458 e. The van der Waals surface area contributed by atoms with Gasteiger partial charge in [-0.2, -0.15) is 0 Å². The van der Waals surface area contributed by atoms with Crippen molar-refractivity contribution in [3.63, 3.8) is 0 Å². The van der Waals surface area contributed by atoms with Crippen LogP contribution >= 0.6 is 23.1 Å². The van der Waals surface area contributed by atoms with Crippen molar-refractivity contribution in [2.24, 2.45) is 5.16 Å². The van der Waals surface area contributed by atoms with Gasteiger partial charge < -0.3 is 24.9 Å². The highest BCUT2D eigenvalue weighted by molar-refractivity contribution is 8.00. The van der Waals surface area contributed by atoms with E-state index >= 15 is 4.79 Å². The molecule has 4 heterocycles. The summed E-state index contributed by atoms with van der Waals surface area (Å²) < 4.78 is 11.4. The number of fused-ring (bicyclic) bond motifs is 1. The number of aromatic nitrogens is 1. The van der Waals surface area contributed by atoms with Crippen LogP contribution in [0.2, 0.25) is 0 Å². The maximum Gasteiger partial charge on any atom is 0.355 e. The van der Waals surface area contributed by atoms with Gasteiger partial charge in [-0.15, -0.1) is 23.1 Å². The number of carbonyl (C=O) groups excluding carboxylic acids is 4. The molecule has 3 aliphatic heterocycles. The highest BCUT2D eigenvalue weighted by Gasteiger charge is 2.56. The first-order valence-electron chi connectivity index (χ1n) is 23.7. The summed E-state index contributed by atoms with van der Waals surface area (Å²) in [6, 6.07) is 58.3. The predicted molar refractivity (Wildman–Crippen MR) is 279 cm³/mol. The first-order valence-corrected chi connectivity index (χ1v) is 25.6. The van der Waals surface area contributed by atoms with Crippen LogP contribution in [0.3, 0.4) is 0 Å². The standard InChI is InChI=1S/C58H51N5O7S2/c1-56(2,3)69-54(67)50-44(46-34-35-47(64)68-46)36-71-53-49(52(66)63(50)53)60-51(65)48(62-70-58(41-28-16-7-17-29-41,42-30-18-8-19-31-42)43-32-20-9-21-33-43)45-37-72-55(59-45)61-57(38-22-10-4-11-23-38,39-24-12-5-13-25-39)40-26-14-6-15-27-40/h4-33,37,46,49,53H,34-36H2,1-3H3,(H,59,61)(H,60,65)/t46-,49+,53+/m0/s1. The molecule has 3 aliphatic rings. The van der Waals surface area contributed by atoms with Crippen LogP contribution in [-0.4, -0.2) is 68.2 Å². The average Bonchev–Trinajstić information content (AvgIpc) is 4.07. The monoisotopic (exact) mass is 993 g/mol. The third kappa shape index (κ3) is 9.19. The minimum Gasteiger partial charge on any atom is -0.458 e. The third-order valence-electron chi connectivity index (χ3n) is 12.8. The summed E-state index contributed by atoms with van der Waals surface area (Å²) in [7, 11) is 0. The fraction of sp³-hybridized carbons (Fsp3) is 0.207. The quantitative estimate of drug-likeness (QED) is 0.0334. The van der Waals surface area contributed by atoms with Crippen molar-refractivity contribution in [3.8, 4) is 0 Å². The van der Waals surface area contributed by atoms with E-state index in [1.54, 1.807) is 26.2 Å². The van der Waals surface area contributed by atoms with Crippen LogP contribution in [0.4, 0.5) is 5.13 Å². The minimum absolute atomic E-state index is 0.0356. The van der Waals surface area contributed by atoms with E-state index in [9.17, 15) is 14.4 Å². The van der Waals surface area contributed by atoms with E-state index in [0.717, 1.165) is 33.4 Å². The molecule has 72 heavy (non-hydrogen) atoms. The zero-order valence-electron chi connectivity index (χ0n) is 39.8. The third-order valence-corrected chi connectivity index (χ3v) is 14.9. The Balaban J connectivity index is 1.07. The Labute approximate surface area is 426 Å². The number of hydrogen-bond donors (Lipinski definition) is 2. The van der Waals surface area contributed by atoms with Crippen molar-refractivity contribution >= 4 is 57.7 Å². The van der Waals surface area contributed by atoms with Gasteiger partial charge >= 0.3 is 11.9 Å². The molecule has 2 amide bonds. The van der Waals surface area contributed by atoms with Crippen LogP contribution in [0, 0.1) is 0 Å². The number of ether oxygens (including phenoxy) is 2. The summed E-state index contributed by atoms with van der Waals surface area (Å²) in [5.74, 6) is -2.09. The van der Waals surface area contributed by atoms with E-state index < -0.39 is 52.0 Å². The van der Waals surface area contributed by atoms with Gasteiger partial charge in [-0.3, -0.25) is 19.3 Å². The van der Waals surface area contributed by atoms with Crippen LogP contribution < -0.4 is 10.6 Å². The lowest BCUT2D eigenvalue weighted by Crippen LogP contribution is -2.71. The Bertz CT molecular complexity index is 2960. The van der Waals surface area contributed by atoms with Crippen molar-refractivity contribution in [2.45, 2.75) is 67.9 Å². The Morgan fingerprint density at radius 3 is 1.61 bits per heavy atom. The van der Waals surface area contributed by atoms with Crippen LogP contribution in [0.15, 0.2) is 204 Å². The van der Waals surface area contributed by atoms with Gasteiger partial charge in [-0.05, 0) is 43.9 Å². The maximum absolute atomic E-state index is 15.2. The number of benzene rings is 6. The predicted octanol–water partition coefficient (Wildman–Crippen LogP) is 9.96. The molecular weight excluding hydrogens is 943 g/mol. The zero-order chi connectivity index (χ0) is 49.9. The molecule has 2 fully saturated rings. The molecule has 14 heteroatoms. The lowest BCUT2D eigenvalue weighted by molar-refractivity contribution is -0.159. The number of thiazole rings is 1.